The molecule has 5 unspecified atom stereocenters. The lowest BCUT2D eigenvalue weighted by Gasteiger charge is -2.49. The Bertz CT molecular complexity index is 349. The molecule has 20 heavy (non-hydrogen) atoms. The fourth-order valence-corrected chi connectivity index (χ4v) is 4.00. The van der Waals surface area contributed by atoms with Gasteiger partial charge in [0.2, 0.25) is 0 Å². The van der Waals surface area contributed by atoms with Gasteiger partial charge in [0.05, 0.1) is 12.7 Å². The minimum atomic E-state index is -0.387. The van der Waals surface area contributed by atoms with Crippen LogP contribution in [0.3, 0.4) is 0 Å². The molecule has 1 aliphatic carbocycles. The number of allylic oxidation sites excluding steroid dienone is 2. The first kappa shape index (κ1) is 16.0. The zero-order valence-electron chi connectivity index (χ0n) is 13.9. The van der Waals surface area contributed by atoms with Crippen molar-refractivity contribution in [1.29, 1.82) is 0 Å². The van der Waals surface area contributed by atoms with Crippen LogP contribution in [0.4, 0.5) is 0 Å². The Morgan fingerprint density at radius 3 is 2.70 bits per heavy atom. The van der Waals surface area contributed by atoms with Gasteiger partial charge in [-0.15, -0.1) is 0 Å². The maximum Gasteiger partial charge on any atom is 0.169 e. The van der Waals surface area contributed by atoms with E-state index in [9.17, 15) is 0 Å². The van der Waals surface area contributed by atoms with Gasteiger partial charge in [0.25, 0.3) is 0 Å². The molecular formula is C18H32O2. The van der Waals surface area contributed by atoms with Crippen molar-refractivity contribution < 1.29 is 9.47 Å². The molecule has 0 amide bonds. The van der Waals surface area contributed by atoms with Gasteiger partial charge in [0.15, 0.2) is 5.79 Å². The molecule has 1 heterocycles. The summed E-state index contributed by atoms with van der Waals surface area (Å²) in [6.45, 7) is 12.1. The summed E-state index contributed by atoms with van der Waals surface area (Å²) in [6, 6.07) is 0. The SMILES string of the molecule is CCCC1OC(C)(C2CCC(C)=CC2C)OCC1CC. The summed E-state index contributed by atoms with van der Waals surface area (Å²) in [5.74, 6) is 1.22. The van der Waals surface area contributed by atoms with Crippen molar-refractivity contribution in [2.24, 2.45) is 17.8 Å². The van der Waals surface area contributed by atoms with E-state index in [0.717, 1.165) is 19.4 Å². The van der Waals surface area contributed by atoms with Crippen LogP contribution < -0.4 is 0 Å². The molecule has 1 fully saturated rings. The first-order valence-corrected chi connectivity index (χ1v) is 8.49. The van der Waals surface area contributed by atoms with Gasteiger partial charge in [-0.25, -0.2) is 0 Å². The van der Waals surface area contributed by atoms with Gasteiger partial charge in [-0.05, 0) is 45.4 Å². The van der Waals surface area contributed by atoms with Crippen molar-refractivity contribution in [3.05, 3.63) is 11.6 Å². The molecule has 0 spiro atoms. The summed E-state index contributed by atoms with van der Waals surface area (Å²) >= 11 is 0. The second-order valence-corrected chi connectivity index (χ2v) is 6.96. The van der Waals surface area contributed by atoms with Gasteiger partial charge >= 0.3 is 0 Å². The number of rotatable bonds is 4. The highest BCUT2D eigenvalue weighted by Crippen LogP contribution is 2.43. The average molecular weight is 280 g/mol. The lowest BCUT2D eigenvalue weighted by atomic mass is 9.76. The van der Waals surface area contributed by atoms with Crippen molar-refractivity contribution >= 4 is 0 Å². The van der Waals surface area contributed by atoms with Crippen LogP contribution in [-0.2, 0) is 9.47 Å². The number of hydrogen-bond donors (Lipinski definition) is 0. The fourth-order valence-electron chi connectivity index (χ4n) is 4.00. The molecule has 116 valence electrons. The highest BCUT2D eigenvalue weighted by Gasteiger charge is 2.46. The molecule has 2 nitrogen and oxygen atoms in total. The Kier molecular flexibility index (Phi) is 5.30. The van der Waals surface area contributed by atoms with Crippen molar-refractivity contribution in [3.8, 4) is 0 Å². The molecule has 0 N–H and O–H groups in total. The molecule has 2 heteroatoms. The zero-order valence-corrected chi connectivity index (χ0v) is 13.9. The normalized spacial score (nSPS) is 42.4. The third-order valence-corrected chi connectivity index (χ3v) is 5.30. The van der Waals surface area contributed by atoms with Gasteiger partial charge in [-0.2, -0.15) is 0 Å². The van der Waals surface area contributed by atoms with Gasteiger partial charge in [0, 0.05) is 11.8 Å². The fraction of sp³-hybridized carbons (Fsp3) is 0.889. The summed E-state index contributed by atoms with van der Waals surface area (Å²) in [5.41, 5.74) is 1.52. The van der Waals surface area contributed by atoms with E-state index in [1.807, 2.05) is 0 Å². The van der Waals surface area contributed by atoms with Crippen LogP contribution in [0.15, 0.2) is 11.6 Å². The second kappa shape index (κ2) is 6.62. The van der Waals surface area contributed by atoms with Crippen LogP contribution in [0.1, 0.15) is 66.7 Å². The Labute approximate surface area is 124 Å². The summed E-state index contributed by atoms with van der Waals surface area (Å²) in [7, 11) is 0. The molecule has 5 atom stereocenters. The van der Waals surface area contributed by atoms with E-state index in [1.165, 1.54) is 24.8 Å². The quantitative estimate of drug-likeness (QED) is 0.679. The summed E-state index contributed by atoms with van der Waals surface area (Å²) in [4.78, 5) is 0. The van der Waals surface area contributed by atoms with Crippen molar-refractivity contribution in [2.75, 3.05) is 6.61 Å². The van der Waals surface area contributed by atoms with E-state index in [4.69, 9.17) is 9.47 Å². The molecule has 1 aliphatic heterocycles. The molecule has 1 saturated heterocycles. The summed E-state index contributed by atoms with van der Waals surface area (Å²) in [6.07, 6.45) is 8.67. The smallest absolute Gasteiger partial charge is 0.169 e. The third kappa shape index (κ3) is 3.28. The van der Waals surface area contributed by atoms with Crippen molar-refractivity contribution in [3.63, 3.8) is 0 Å². The zero-order chi connectivity index (χ0) is 14.8. The first-order chi connectivity index (χ1) is 9.50. The van der Waals surface area contributed by atoms with Crippen molar-refractivity contribution in [1.82, 2.24) is 0 Å². The van der Waals surface area contributed by atoms with Crippen LogP contribution in [-0.4, -0.2) is 18.5 Å². The van der Waals surface area contributed by atoms with Crippen LogP contribution in [0.25, 0.3) is 0 Å². The van der Waals surface area contributed by atoms with E-state index >= 15 is 0 Å². The first-order valence-electron chi connectivity index (χ1n) is 8.49. The topological polar surface area (TPSA) is 18.5 Å². The summed E-state index contributed by atoms with van der Waals surface area (Å²) < 4.78 is 12.8. The third-order valence-electron chi connectivity index (χ3n) is 5.30. The Morgan fingerprint density at radius 2 is 2.10 bits per heavy atom. The lowest BCUT2D eigenvalue weighted by Crippen LogP contribution is -2.53. The van der Waals surface area contributed by atoms with Crippen LogP contribution >= 0.6 is 0 Å². The van der Waals surface area contributed by atoms with Crippen LogP contribution in [0, 0.1) is 17.8 Å². The standard InChI is InChI=1S/C18H32O2/c1-6-8-17-15(7-2)12-19-18(5,20-17)16-10-9-13(3)11-14(16)4/h11,14-17H,6-10,12H2,1-5H3. The Hall–Kier alpha value is -0.340. The molecule has 2 aliphatic rings. The molecular weight excluding hydrogens is 248 g/mol. The maximum atomic E-state index is 6.51. The summed E-state index contributed by atoms with van der Waals surface area (Å²) in [5, 5.41) is 0. The molecule has 0 aromatic rings. The van der Waals surface area contributed by atoms with E-state index in [0.29, 0.717) is 23.9 Å². The maximum absolute atomic E-state index is 6.51. The molecule has 0 aromatic heterocycles. The average Bonchev–Trinajstić information content (AvgIpc) is 2.39. The van der Waals surface area contributed by atoms with Gasteiger partial charge in [-0.3, -0.25) is 0 Å². The van der Waals surface area contributed by atoms with Gasteiger partial charge in [0.1, 0.15) is 0 Å². The van der Waals surface area contributed by atoms with Gasteiger partial charge in [-0.1, -0.05) is 38.8 Å². The highest BCUT2D eigenvalue weighted by atomic mass is 16.7. The largest absolute Gasteiger partial charge is 0.350 e. The predicted octanol–water partition coefficient (Wildman–Crippen LogP) is 4.94. The Balaban J connectivity index is 2.10. The second-order valence-electron chi connectivity index (χ2n) is 6.96. The molecule has 0 bridgehead atoms. The minimum Gasteiger partial charge on any atom is -0.350 e. The molecule has 0 radical (unpaired) electrons. The van der Waals surface area contributed by atoms with E-state index < -0.39 is 0 Å². The Morgan fingerprint density at radius 1 is 1.35 bits per heavy atom. The van der Waals surface area contributed by atoms with Gasteiger partial charge < -0.3 is 9.47 Å². The monoisotopic (exact) mass is 280 g/mol. The van der Waals surface area contributed by atoms with E-state index in [2.05, 4.69) is 40.7 Å². The van der Waals surface area contributed by atoms with Crippen LogP contribution in [0.5, 0.6) is 0 Å². The lowest BCUT2D eigenvalue weighted by molar-refractivity contribution is -0.331. The molecule has 0 saturated carbocycles. The number of ether oxygens (including phenoxy) is 2. The van der Waals surface area contributed by atoms with Crippen molar-refractivity contribution in [2.45, 2.75) is 78.6 Å². The molecule has 2 rings (SSSR count). The highest BCUT2D eigenvalue weighted by molar-refractivity contribution is 5.08. The number of hydrogen-bond acceptors (Lipinski definition) is 2. The van der Waals surface area contributed by atoms with E-state index in [1.54, 1.807) is 0 Å². The van der Waals surface area contributed by atoms with Crippen LogP contribution in [0.2, 0.25) is 0 Å². The predicted molar refractivity (Wildman–Crippen MR) is 83.6 cm³/mol. The molecule has 0 aromatic carbocycles. The minimum absolute atomic E-state index is 0.378. The van der Waals surface area contributed by atoms with E-state index in [-0.39, 0.29) is 5.79 Å².